The van der Waals surface area contributed by atoms with Crippen molar-refractivity contribution < 1.29 is 4.52 Å². The molecule has 0 spiro atoms. The first-order chi connectivity index (χ1) is 7.65. The minimum absolute atomic E-state index is 0.340. The van der Waals surface area contributed by atoms with Gasteiger partial charge in [0.15, 0.2) is 0 Å². The van der Waals surface area contributed by atoms with E-state index in [4.69, 9.17) is 10.3 Å². The second kappa shape index (κ2) is 4.37. The third-order valence-corrected chi connectivity index (χ3v) is 2.28. The van der Waals surface area contributed by atoms with Crippen LogP contribution in [0.2, 0.25) is 0 Å². The maximum absolute atomic E-state index is 5.48. The Morgan fingerprint density at radius 1 is 1.25 bits per heavy atom. The predicted molar refractivity (Wildman–Crippen MR) is 63.7 cm³/mol. The molecule has 84 valence electrons. The number of hydrogen-bond donors (Lipinski definition) is 1. The number of aromatic nitrogens is 1. The first-order valence-corrected chi connectivity index (χ1v) is 5.11. The smallest absolute Gasteiger partial charge is 0.222 e. The van der Waals surface area contributed by atoms with Crippen LogP contribution in [0.4, 0.5) is 5.88 Å². The number of benzene rings is 1. The highest BCUT2D eigenvalue weighted by Crippen LogP contribution is 2.20. The molecule has 0 bridgehead atoms. The van der Waals surface area contributed by atoms with Crippen LogP contribution in [0.25, 0.3) is 11.3 Å². The third-order valence-electron chi connectivity index (χ3n) is 2.28. The molecule has 0 saturated carbocycles. The summed E-state index contributed by atoms with van der Waals surface area (Å²) in [6.07, 6.45) is 0. The summed E-state index contributed by atoms with van der Waals surface area (Å²) in [7, 11) is 4.10. The summed E-state index contributed by atoms with van der Waals surface area (Å²) >= 11 is 0. The van der Waals surface area contributed by atoms with Crippen LogP contribution < -0.4 is 5.73 Å². The van der Waals surface area contributed by atoms with E-state index in [1.165, 1.54) is 5.56 Å². The van der Waals surface area contributed by atoms with Gasteiger partial charge in [0.05, 0.1) is 0 Å². The van der Waals surface area contributed by atoms with Crippen LogP contribution in [0.15, 0.2) is 34.9 Å². The van der Waals surface area contributed by atoms with Crippen molar-refractivity contribution >= 4 is 5.88 Å². The fourth-order valence-electron chi connectivity index (χ4n) is 1.57. The van der Waals surface area contributed by atoms with Crippen LogP contribution in [0.1, 0.15) is 5.56 Å². The van der Waals surface area contributed by atoms with Crippen molar-refractivity contribution in [3.05, 3.63) is 35.9 Å². The topological polar surface area (TPSA) is 55.3 Å². The van der Waals surface area contributed by atoms with Crippen molar-refractivity contribution in [2.75, 3.05) is 19.8 Å². The van der Waals surface area contributed by atoms with Gasteiger partial charge in [-0.25, -0.2) is 0 Å². The van der Waals surface area contributed by atoms with E-state index >= 15 is 0 Å². The number of rotatable bonds is 3. The maximum atomic E-state index is 5.48. The number of nitrogens with two attached hydrogens (primary N) is 1. The Morgan fingerprint density at radius 3 is 2.44 bits per heavy atom. The highest BCUT2D eigenvalue weighted by atomic mass is 16.5. The molecule has 2 rings (SSSR count). The number of anilines is 1. The maximum Gasteiger partial charge on any atom is 0.222 e. The predicted octanol–water partition coefficient (Wildman–Crippen LogP) is 1.99. The Morgan fingerprint density at radius 2 is 1.94 bits per heavy atom. The lowest BCUT2D eigenvalue weighted by Crippen LogP contribution is -2.10. The van der Waals surface area contributed by atoms with Crippen molar-refractivity contribution in [1.82, 2.24) is 10.1 Å². The third kappa shape index (κ3) is 2.41. The summed E-state index contributed by atoms with van der Waals surface area (Å²) in [6.45, 7) is 0.932. The van der Waals surface area contributed by atoms with Gasteiger partial charge in [0.1, 0.15) is 5.69 Å². The second-order valence-corrected chi connectivity index (χ2v) is 4.05. The molecule has 0 radical (unpaired) electrons. The lowest BCUT2D eigenvalue weighted by Gasteiger charge is -2.09. The quantitative estimate of drug-likeness (QED) is 0.854. The summed E-state index contributed by atoms with van der Waals surface area (Å²) in [6, 6.07) is 9.94. The van der Waals surface area contributed by atoms with Crippen molar-refractivity contribution in [1.29, 1.82) is 0 Å². The zero-order valence-corrected chi connectivity index (χ0v) is 9.47. The van der Waals surface area contributed by atoms with Crippen molar-refractivity contribution in [3.63, 3.8) is 0 Å². The average Bonchev–Trinajstić information content (AvgIpc) is 2.65. The fourth-order valence-corrected chi connectivity index (χ4v) is 1.57. The molecule has 0 aliphatic carbocycles. The van der Waals surface area contributed by atoms with Gasteiger partial charge in [-0.05, 0) is 19.7 Å². The summed E-state index contributed by atoms with van der Waals surface area (Å²) in [5.41, 5.74) is 8.53. The Balaban J connectivity index is 2.19. The molecule has 0 aliphatic heterocycles. The Bertz CT molecular complexity index is 459. The molecule has 1 heterocycles. The summed E-state index contributed by atoms with van der Waals surface area (Å²) in [4.78, 5) is 2.13. The molecule has 0 fully saturated rings. The van der Waals surface area contributed by atoms with Crippen molar-refractivity contribution in [2.24, 2.45) is 0 Å². The number of nitrogen functional groups attached to an aromatic ring is 1. The van der Waals surface area contributed by atoms with Crippen LogP contribution in [-0.2, 0) is 6.54 Å². The fraction of sp³-hybridized carbons (Fsp3) is 0.250. The van der Waals surface area contributed by atoms with Crippen LogP contribution in [0.5, 0.6) is 0 Å². The molecule has 0 amide bonds. The van der Waals surface area contributed by atoms with Crippen molar-refractivity contribution in [3.8, 4) is 11.3 Å². The minimum Gasteiger partial charge on any atom is -0.368 e. The van der Waals surface area contributed by atoms with E-state index in [1.807, 2.05) is 26.2 Å². The number of nitrogens with zero attached hydrogens (tertiary/aromatic N) is 2. The first-order valence-electron chi connectivity index (χ1n) is 5.11. The molecule has 1 aromatic carbocycles. The monoisotopic (exact) mass is 217 g/mol. The van der Waals surface area contributed by atoms with Crippen LogP contribution in [-0.4, -0.2) is 24.2 Å². The molecular formula is C12H15N3O. The van der Waals surface area contributed by atoms with Gasteiger partial charge in [-0.15, -0.1) is 0 Å². The molecule has 0 unspecified atom stereocenters. The van der Waals surface area contributed by atoms with E-state index in [2.05, 4.69) is 22.2 Å². The van der Waals surface area contributed by atoms with Gasteiger partial charge in [-0.3, -0.25) is 0 Å². The SMILES string of the molecule is CN(C)Cc1ccc(-c2cc(N)on2)cc1. The van der Waals surface area contributed by atoms with E-state index < -0.39 is 0 Å². The molecule has 0 aliphatic rings. The Labute approximate surface area is 94.6 Å². The van der Waals surface area contributed by atoms with E-state index in [-0.39, 0.29) is 0 Å². The summed E-state index contributed by atoms with van der Waals surface area (Å²) in [5.74, 6) is 0.340. The Kier molecular flexibility index (Phi) is 2.92. The molecule has 2 N–H and O–H groups in total. The molecule has 0 saturated heterocycles. The van der Waals surface area contributed by atoms with Gasteiger partial charge < -0.3 is 15.2 Å². The highest BCUT2D eigenvalue weighted by Gasteiger charge is 2.04. The lowest BCUT2D eigenvalue weighted by molar-refractivity contribution is 0.402. The van der Waals surface area contributed by atoms with Gasteiger partial charge in [0.2, 0.25) is 5.88 Å². The number of hydrogen-bond acceptors (Lipinski definition) is 4. The van der Waals surface area contributed by atoms with Gasteiger partial charge in [-0.1, -0.05) is 29.4 Å². The molecule has 0 atom stereocenters. The molecule has 1 aromatic heterocycles. The van der Waals surface area contributed by atoms with E-state index in [0.29, 0.717) is 5.88 Å². The van der Waals surface area contributed by atoms with Gasteiger partial charge in [0.25, 0.3) is 0 Å². The molecule has 4 nitrogen and oxygen atoms in total. The van der Waals surface area contributed by atoms with Crippen LogP contribution in [0.3, 0.4) is 0 Å². The summed E-state index contributed by atoms with van der Waals surface area (Å²) in [5, 5.41) is 3.87. The second-order valence-electron chi connectivity index (χ2n) is 4.05. The van der Waals surface area contributed by atoms with Crippen LogP contribution >= 0.6 is 0 Å². The summed E-state index contributed by atoms with van der Waals surface area (Å²) < 4.78 is 4.83. The zero-order valence-electron chi connectivity index (χ0n) is 9.47. The standard InChI is InChI=1S/C12H15N3O/c1-15(2)8-9-3-5-10(6-4-9)11-7-12(13)16-14-11/h3-7H,8,13H2,1-2H3. The van der Waals surface area contributed by atoms with E-state index in [0.717, 1.165) is 17.8 Å². The zero-order chi connectivity index (χ0) is 11.5. The van der Waals surface area contributed by atoms with Gasteiger partial charge >= 0.3 is 0 Å². The largest absolute Gasteiger partial charge is 0.368 e. The Hall–Kier alpha value is -1.81. The lowest BCUT2D eigenvalue weighted by atomic mass is 10.1. The van der Waals surface area contributed by atoms with Gasteiger partial charge in [-0.2, -0.15) is 0 Å². The van der Waals surface area contributed by atoms with E-state index in [1.54, 1.807) is 6.07 Å². The minimum atomic E-state index is 0.340. The van der Waals surface area contributed by atoms with E-state index in [9.17, 15) is 0 Å². The van der Waals surface area contributed by atoms with Gasteiger partial charge in [0, 0.05) is 18.2 Å². The normalized spacial score (nSPS) is 10.9. The molecular weight excluding hydrogens is 202 g/mol. The first kappa shape index (κ1) is 10.7. The highest BCUT2D eigenvalue weighted by molar-refractivity contribution is 5.61. The average molecular weight is 217 g/mol. The van der Waals surface area contributed by atoms with Crippen molar-refractivity contribution in [2.45, 2.75) is 6.54 Å². The molecule has 16 heavy (non-hydrogen) atoms. The van der Waals surface area contributed by atoms with Crippen LogP contribution in [0, 0.1) is 0 Å². The molecule has 4 heteroatoms. The molecule has 2 aromatic rings.